The van der Waals surface area contributed by atoms with Crippen LogP contribution in [0.25, 0.3) is 0 Å². The number of hydrogen-bond acceptors (Lipinski definition) is 3. The number of rotatable bonds is 6. The molecule has 0 radical (unpaired) electrons. The third-order valence-electron chi connectivity index (χ3n) is 3.84. The summed E-state index contributed by atoms with van der Waals surface area (Å²) < 4.78 is 0. The number of likely N-dealkylation sites (N-methyl/N-ethyl adjacent to an activating group) is 1. The summed E-state index contributed by atoms with van der Waals surface area (Å²) >= 11 is 0. The Balaban J connectivity index is 1.79. The number of amides is 3. The Morgan fingerprint density at radius 3 is 2.40 bits per heavy atom. The highest BCUT2D eigenvalue weighted by atomic mass is 16.4. The molecule has 0 aromatic heterocycles. The number of aliphatic carboxylic acids is 1. The normalized spacial score (nSPS) is 19.6. The molecule has 0 heterocycles. The Kier molecular flexibility index (Phi) is 4.15. The van der Waals surface area contributed by atoms with Crippen LogP contribution >= 0.6 is 0 Å². The van der Waals surface area contributed by atoms with Crippen LogP contribution in [0.2, 0.25) is 0 Å². The summed E-state index contributed by atoms with van der Waals surface area (Å²) in [6, 6.07) is -0.124. The van der Waals surface area contributed by atoms with Crippen LogP contribution in [0.4, 0.5) is 4.79 Å². The summed E-state index contributed by atoms with van der Waals surface area (Å²) in [5.41, 5.74) is -0.635. The smallest absolute Gasteiger partial charge is 0.318 e. The summed E-state index contributed by atoms with van der Waals surface area (Å²) in [7, 11) is 1.54. The van der Waals surface area contributed by atoms with Crippen LogP contribution in [0, 0.1) is 0 Å². The van der Waals surface area contributed by atoms with Crippen molar-refractivity contribution >= 4 is 17.9 Å². The molecule has 7 heteroatoms. The highest BCUT2D eigenvalue weighted by Gasteiger charge is 2.41. The fraction of sp³-hybridized carbons (Fsp3) is 0.769. The monoisotopic (exact) mass is 283 g/mol. The second-order valence-electron chi connectivity index (χ2n) is 5.83. The molecule has 2 aliphatic rings. The Labute approximate surface area is 117 Å². The number of carbonyl (C=O) groups excluding carboxylic acids is 2. The van der Waals surface area contributed by atoms with Crippen LogP contribution in [0.3, 0.4) is 0 Å². The van der Waals surface area contributed by atoms with Crippen molar-refractivity contribution in [1.29, 1.82) is 0 Å². The molecule has 2 aliphatic carbocycles. The zero-order valence-electron chi connectivity index (χ0n) is 11.6. The molecule has 0 aromatic carbocycles. The lowest BCUT2D eigenvalue weighted by Crippen LogP contribution is -2.58. The van der Waals surface area contributed by atoms with E-state index in [-0.39, 0.29) is 24.9 Å². The zero-order chi connectivity index (χ0) is 14.8. The third-order valence-corrected chi connectivity index (χ3v) is 3.84. The minimum Gasteiger partial charge on any atom is -0.481 e. The van der Waals surface area contributed by atoms with Gasteiger partial charge in [0.25, 0.3) is 0 Å². The van der Waals surface area contributed by atoms with Gasteiger partial charge in [-0.15, -0.1) is 0 Å². The summed E-state index contributed by atoms with van der Waals surface area (Å²) in [6.07, 6.45) is 4.20. The first kappa shape index (κ1) is 14.6. The number of hydrogen-bond donors (Lipinski definition) is 3. The van der Waals surface area contributed by atoms with Crippen LogP contribution in [0.15, 0.2) is 0 Å². The Morgan fingerprint density at radius 1 is 1.30 bits per heavy atom. The van der Waals surface area contributed by atoms with Crippen molar-refractivity contribution in [3.63, 3.8) is 0 Å². The van der Waals surface area contributed by atoms with Gasteiger partial charge >= 0.3 is 12.0 Å². The van der Waals surface area contributed by atoms with E-state index in [9.17, 15) is 14.4 Å². The fourth-order valence-corrected chi connectivity index (χ4v) is 2.35. The second-order valence-corrected chi connectivity index (χ2v) is 5.83. The molecule has 0 aromatic rings. The molecule has 2 rings (SSSR count). The number of nitrogens with zero attached hydrogens (tertiary/aromatic N) is 1. The Hall–Kier alpha value is -1.79. The van der Waals surface area contributed by atoms with Gasteiger partial charge in [-0.3, -0.25) is 9.59 Å². The van der Waals surface area contributed by atoms with Crippen molar-refractivity contribution in [3.05, 3.63) is 0 Å². The van der Waals surface area contributed by atoms with E-state index in [0.29, 0.717) is 12.8 Å². The van der Waals surface area contributed by atoms with Gasteiger partial charge in [0, 0.05) is 13.1 Å². The lowest BCUT2D eigenvalue weighted by atomic mass is 9.74. The van der Waals surface area contributed by atoms with Crippen molar-refractivity contribution < 1.29 is 19.5 Å². The molecule has 7 nitrogen and oxygen atoms in total. The number of nitrogens with one attached hydrogen (secondary N) is 2. The van der Waals surface area contributed by atoms with E-state index >= 15 is 0 Å². The molecule has 0 bridgehead atoms. The molecule has 0 atom stereocenters. The van der Waals surface area contributed by atoms with Gasteiger partial charge in [0.05, 0.1) is 12.0 Å². The van der Waals surface area contributed by atoms with Gasteiger partial charge in [-0.1, -0.05) is 0 Å². The van der Waals surface area contributed by atoms with E-state index in [0.717, 1.165) is 19.3 Å². The molecule has 20 heavy (non-hydrogen) atoms. The van der Waals surface area contributed by atoms with Crippen molar-refractivity contribution in [2.45, 2.75) is 50.1 Å². The molecule has 3 amide bonds. The first-order chi connectivity index (χ1) is 9.40. The molecule has 0 spiro atoms. The predicted octanol–water partition coefficient (Wildman–Crippen LogP) is 0.304. The molecular weight excluding hydrogens is 262 g/mol. The first-order valence-electron chi connectivity index (χ1n) is 6.95. The lowest BCUT2D eigenvalue weighted by Gasteiger charge is -2.42. The number of carbonyl (C=O) groups is 3. The Bertz CT molecular complexity index is 416. The maximum Gasteiger partial charge on any atom is 0.318 e. The number of carboxylic acid groups (broad SMARTS) is 1. The average Bonchev–Trinajstić information content (AvgIpc) is 3.08. The third kappa shape index (κ3) is 3.85. The highest BCUT2D eigenvalue weighted by Crippen LogP contribution is 2.35. The maximum atomic E-state index is 12.0. The van der Waals surface area contributed by atoms with Gasteiger partial charge in [0.1, 0.15) is 6.54 Å². The first-order valence-corrected chi connectivity index (χ1v) is 6.95. The predicted molar refractivity (Wildman–Crippen MR) is 71.2 cm³/mol. The van der Waals surface area contributed by atoms with Crippen LogP contribution in [-0.4, -0.2) is 53.1 Å². The minimum atomic E-state index is -0.917. The quantitative estimate of drug-likeness (QED) is 0.653. The average molecular weight is 283 g/mol. The van der Waals surface area contributed by atoms with Crippen LogP contribution in [-0.2, 0) is 9.59 Å². The fourth-order valence-electron chi connectivity index (χ4n) is 2.35. The van der Waals surface area contributed by atoms with Crippen molar-refractivity contribution in [3.8, 4) is 0 Å². The molecular formula is C13H21N3O4. The standard InChI is InChI=1S/C13H21N3O4/c1-16(8-10(17)14-9-3-4-9)12(20)15-13(5-2-6-13)7-11(18)19/h9H,2-8H2,1H3,(H,14,17)(H,15,20)(H,18,19). The summed E-state index contributed by atoms with van der Waals surface area (Å²) in [6.45, 7) is -0.00845. The molecule has 3 N–H and O–H groups in total. The minimum absolute atomic E-state index is 0.00845. The van der Waals surface area contributed by atoms with E-state index in [2.05, 4.69) is 10.6 Å². The summed E-state index contributed by atoms with van der Waals surface area (Å²) in [5, 5.41) is 14.5. The van der Waals surface area contributed by atoms with Gasteiger partial charge in [-0.05, 0) is 32.1 Å². The van der Waals surface area contributed by atoms with Gasteiger partial charge in [-0.25, -0.2) is 4.79 Å². The van der Waals surface area contributed by atoms with Crippen LogP contribution in [0.5, 0.6) is 0 Å². The van der Waals surface area contributed by atoms with Gasteiger partial charge in [0.2, 0.25) is 5.91 Å². The SMILES string of the molecule is CN(CC(=O)NC1CC1)C(=O)NC1(CC(=O)O)CCC1. The maximum absolute atomic E-state index is 12.0. The molecule has 2 fully saturated rings. The Morgan fingerprint density at radius 2 is 1.95 bits per heavy atom. The summed E-state index contributed by atoms with van der Waals surface area (Å²) in [4.78, 5) is 35.7. The van der Waals surface area contributed by atoms with Crippen LogP contribution < -0.4 is 10.6 Å². The van der Waals surface area contributed by atoms with Crippen molar-refractivity contribution in [2.24, 2.45) is 0 Å². The summed E-state index contributed by atoms with van der Waals surface area (Å²) in [5.74, 6) is -1.09. The molecule has 0 aliphatic heterocycles. The largest absolute Gasteiger partial charge is 0.481 e. The van der Waals surface area contributed by atoms with E-state index in [1.807, 2.05) is 0 Å². The highest BCUT2D eigenvalue weighted by molar-refractivity contribution is 5.84. The number of carboxylic acids is 1. The zero-order valence-corrected chi connectivity index (χ0v) is 11.6. The molecule has 0 unspecified atom stereocenters. The van der Waals surface area contributed by atoms with Crippen molar-refractivity contribution in [1.82, 2.24) is 15.5 Å². The molecule has 0 saturated heterocycles. The van der Waals surface area contributed by atoms with Crippen molar-refractivity contribution in [2.75, 3.05) is 13.6 Å². The van der Waals surface area contributed by atoms with Gasteiger partial charge in [0.15, 0.2) is 0 Å². The molecule has 2 saturated carbocycles. The van der Waals surface area contributed by atoms with E-state index < -0.39 is 17.5 Å². The topological polar surface area (TPSA) is 98.7 Å². The van der Waals surface area contributed by atoms with E-state index in [4.69, 9.17) is 5.11 Å². The number of urea groups is 1. The van der Waals surface area contributed by atoms with Crippen LogP contribution in [0.1, 0.15) is 38.5 Å². The molecule has 112 valence electrons. The van der Waals surface area contributed by atoms with Gasteiger partial charge in [-0.2, -0.15) is 0 Å². The van der Waals surface area contributed by atoms with E-state index in [1.165, 1.54) is 11.9 Å². The van der Waals surface area contributed by atoms with E-state index in [1.54, 1.807) is 0 Å². The second kappa shape index (κ2) is 5.68. The van der Waals surface area contributed by atoms with Gasteiger partial charge < -0.3 is 20.6 Å². The lowest BCUT2D eigenvalue weighted by molar-refractivity contribution is -0.139.